The van der Waals surface area contributed by atoms with Gasteiger partial charge in [0.05, 0.1) is 16.7 Å². The monoisotopic (exact) mass is 406 g/mol. The molecule has 0 aliphatic heterocycles. The molecule has 1 heterocycles. The highest BCUT2D eigenvalue weighted by Crippen LogP contribution is 2.32. The molecule has 9 heteroatoms. The van der Waals surface area contributed by atoms with E-state index in [9.17, 15) is 14.9 Å². The lowest BCUT2D eigenvalue weighted by Gasteiger charge is -2.25. The number of carbonyl (C=O) groups excluding carboxylic acids is 1. The van der Waals surface area contributed by atoms with E-state index < -0.39 is 4.92 Å². The van der Waals surface area contributed by atoms with Gasteiger partial charge in [0.15, 0.2) is 0 Å². The fourth-order valence-corrected chi connectivity index (χ4v) is 3.24. The minimum absolute atomic E-state index is 0.0778. The summed E-state index contributed by atoms with van der Waals surface area (Å²) in [5, 5.41) is 18.7. The highest BCUT2D eigenvalue weighted by Gasteiger charge is 2.27. The van der Waals surface area contributed by atoms with Gasteiger partial charge < -0.3 is 10.2 Å². The molecule has 9 nitrogen and oxygen atoms in total. The van der Waals surface area contributed by atoms with Gasteiger partial charge >= 0.3 is 0 Å². The molecule has 1 N–H and O–H groups in total. The molecule has 1 aromatic heterocycles. The quantitative estimate of drug-likeness (QED) is 0.475. The number of aromatic nitrogens is 3. The average molecular weight is 406 g/mol. The summed E-state index contributed by atoms with van der Waals surface area (Å²) in [7, 11) is 1.69. The maximum absolute atomic E-state index is 13.0. The molecule has 1 amide bonds. The maximum Gasteiger partial charge on any atom is 0.293 e. The number of nitrogens with zero attached hydrogens (tertiary/aromatic N) is 5. The molecule has 1 aliphatic rings. The first-order valence-electron chi connectivity index (χ1n) is 9.71. The lowest BCUT2D eigenvalue weighted by molar-refractivity contribution is -0.384. The Morgan fingerprint density at radius 3 is 2.60 bits per heavy atom. The second-order valence-corrected chi connectivity index (χ2v) is 7.43. The van der Waals surface area contributed by atoms with Crippen LogP contribution in [0.3, 0.4) is 0 Å². The number of hydrogen-bond acceptors (Lipinski definition) is 6. The van der Waals surface area contributed by atoms with Crippen molar-refractivity contribution in [3.05, 3.63) is 76.4 Å². The molecule has 2 aromatic carbocycles. The van der Waals surface area contributed by atoms with E-state index in [-0.39, 0.29) is 29.2 Å². The number of carbonyl (C=O) groups is 1. The molecule has 0 radical (unpaired) electrons. The van der Waals surface area contributed by atoms with Crippen molar-refractivity contribution in [1.82, 2.24) is 19.7 Å². The van der Waals surface area contributed by atoms with Gasteiger partial charge in [0.25, 0.3) is 11.6 Å². The molecule has 154 valence electrons. The summed E-state index contributed by atoms with van der Waals surface area (Å²) in [5.41, 5.74) is 2.48. The Morgan fingerprint density at radius 2 is 2.00 bits per heavy atom. The molecular formula is C21H22N6O3. The van der Waals surface area contributed by atoms with Crippen LogP contribution in [0, 0.1) is 10.1 Å². The minimum atomic E-state index is -0.451. The molecule has 0 bridgehead atoms. The van der Waals surface area contributed by atoms with Crippen LogP contribution in [0.25, 0.3) is 5.69 Å². The second kappa shape index (κ2) is 7.94. The van der Waals surface area contributed by atoms with E-state index in [2.05, 4.69) is 15.4 Å². The molecule has 30 heavy (non-hydrogen) atoms. The largest absolute Gasteiger partial charge is 0.377 e. The number of benzene rings is 2. The number of hydrogen-bond donors (Lipinski definition) is 1. The van der Waals surface area contributed by atoms with Gasteiger partial charge in [-0.1, -0.05) is 12.1 Å². The highest BCUT2D eigenvalue weighted by molar-refractivity contribution is 5.96. The van der Waals surface area contributed by atoms with Crippen molar-refractivity contribution < 1.29 is 9.72 Å². The smallest absolute Gasteiger partial charge is 0.293 e. The second-order valence-electron chi connectivity index (χ2n) is 7.43. The first kappa shape index (κ1) is 19.6. The van der Waals surface area contributed by atoms with Crippen molar-refractivity contribution in [2.24, 2.45) is 0 Å². The normalized spacial score (nSPS) is 14.2. The Kier molecular flexibility index (Phi) is 5.18. The summed E-state index contributed by atoms with van der Waals surface area (Å²) in [5.74, 6) is -0.274. The van der Waals surface area contributed by atoms with Crippen molar-refractivity contribution in [3.8, 4) is 5.69 Å². The Bertz CT molecular complexity index is 1060. The first-order valence-corrected chi connectivity index (χ1v) is 9.71. The van der Waals surface area contributed by atoms with Crippen LogP contribution in [0.2, 0.25) is 0 Å². The summed E-state index contributed by atoms with van der Waals surface area (Å²) >= 11 is 0. The predicted molar refractivity (Wildman–Crippen MR) is 112 cm³/mol. The van der Waals surface area contributed by atoms with Crippen LogP contribution in [0.5, 0.6) is 0 Å². The number of rotatable bonds is 7. The Balaban J connectivity index is 1.52. The predicted octanol–water partition coefficient (Wildman–Crippen LogP) is 3.58. The van der Waals surface area contributed by atoms with Crippen molar-refractivity contribution in [1.29, 1.82) is 0 Å². The molecular weight excluding hydrogens is 384 g/mol. The molecule has 0 unspecified atom stereocenters. The first-order chi connectivity index (χ1) is 14.4. The molecule has 1 aliphatic carbocycles. The van der Waals surface area contributed by atoms with Gasteiger partial charge in [0.2, 0.25) is 0 Å². The standard InChI is InChI=1S/C21H22N6O3/c1-14(15-3-8-18(9-4-15)26-13-22-12-23-26)25(2)21(28)16-5-10-19(24-17-6-7-17)20(11-16)27(29)30/h3-5,8-14,17,24H,6-7H2,1-2H3/t14-/m0/s1. The van der Waals surface area contributed by atoms with Gasteiger partial charge in [0, 0.05) is 24.7 Å². The third-order valence-electron chi connectivity index (χ3n) is 5.34. The van der Waals surface area contributed by atoms with E-state index in [1.54, 1.807) is 35.1 Å². The molecule has 0 spiro atoms. The maximum atomic E-state index is 13.0. The Labute approximate surface area is 173 Å². The molecule has 1 saturated carbocycles. The zero-order valence-corrected chi connectivity index (χ0v) is 16.7. The topological polar surface area (TPSA) is 106 Å². The van der Waals surface area contributed by atoms with E-state index in [1.807, 2.05) is 31.2 Å². The molecule has 1 atom stereocenters. The third-order valence-corrected chi connectivity index (χ3v) is 5.34. The molecule has 0 saturated heterocycles. The van der Waals surface area contributed by atoms with Crippen LogP contribution < -0.4 is 5.32 Å². The van der Waals surface area contributed by atoms with Crippen molar-refractivity contribution in [2.75, 3.05) is 12.4 Å². The van der Waals surface area contributed by atoms with Gasteiger partial charge in [0.1, 0.15) is 18.3 Å². The average Bonchev–Trinajstić information content (AvgIpc) is 3.40. The van der Waals surface area contributed by atoms with Gasteiger partial charge in [-0.25, -0.2) is 9.67 Å². The zero-order valence-electron chi connectivity index (χ0n) is 16.7. The minimum Gasteiger partial charge on any atom is -0.377 e. The van der Waals surface area contributed by atoms with Gasteiger partial charge in [-0.3, -0.25) is 14.9 Å². The summed E-state index contributed by atoms with van der Waals surface area (Å²) in [6, 6.07) is 12.3. The Hall–Kier alpha value is -3.75. The molecule has 3 aromatic rings. The van der Waals surface area contributed by atoms with Crippen molar-refractivity contribution in [3.63, 3.8) is 0 Å². The van der Waals surface area contributed by atoms with E-state index >= 15 is 0 Å². The van der Waals surface area contributed by atoms with Gasteiger partial charge in [-0.05, 0) is 49.6 Å². The lowest BCUT2D eigenvalue weighted by Crippen LogP contribution is -2.29. The highest BCUT2D eigenvalue weighted by atomic mass is 16.6. The fraction of sp³-hybridized carbons (Fsp3) is 0.286. The van der Waals surface area contributed by atoms with Crippen LogP contribution >= 0.6 is 0 Å². The van der Waals surface area contributed by atoms with Crippen molar-refractivity contribution >= 4 is 17.3 Å². The summed E-state index contributed by atoms with van der Waals surface area (Å²) in [4.78, 5) is 29.5. The molecule has 4 rings (SSSR count). The van der Waals surface area contributed by atoms with Crippen LogP contribution in [0.15, 0.2) is 55.1 Å². The SMILES string of the molecule is C[C@@H](c1ccc(-n2cncn2)cc1)N(C)C(=O)c1ccc(NC2CC2)c([N+](=O)[O-])c1. The Morgan fingerprint density at radius 1 is 1.27 bits per heavy atom. The summed E-state index contributed by atoms with van der Waals surface area (Å²) < 4.78 is 1.65. The van der Waals surface area contributed by atoms with Crippen LogP contribution in [-0.4, -0.2) is 43.6 Å². The van der Waals surface area contributed by atoms with E-state index in [4.69, 9.17) is 0 Å². The van der Waals surface area contributed by atoms with Gasteiger partial charge in [-0.15, -0.1) is 0 Å². The lowest BCUT2D eigenvalue weighted by atomic mass is 10.1. The van der Waals surface area contributed by atoms with E-state index in [0.29, 0.717) is 5.69 Å². The number of amides is 1. The van der Waals surface area contributed by atoms with Crippen LogP contribution in [0.4, 0.5) is 11.4 Å². The van der Waals surface area contributed by atoms with E-state index in [1.165, 1.54) is 12.4 Å². The zero-order chi connectivity index (χ0) is 21.3. The van der Waals surface area contributed by atoms with E-state index in [0.717, 1.165) is 24.1 Å². The fourth-order valence-electron chi connectivity index (χ4n) is 3.24. The number of nitrogens with one attached hydrogen (secondary N) is 1. The number of anilines is 1. The van der Waals surface area contributed by atoms with Crippen LogP contribution in [-0.2, 0) is 0 Å². The van der Waals surface area contributed by atoms with Crippen LogP contribution in [0.1, 0.15) is 41.7 Å². The van der Waals surface area contributed by atoms with Crippen molar-refractivity contribution in [2.45, 2.75) is 31.8 Å². The third kappa shape index (κ3) is 4.00. The number of nitro benzene ring substituents is 1. The van der Waals surface area contributed by atoms with Gasteiger partial charge in [-0.2, -0.15) is 5.10 Å². The number of nitro groups is 1. The summed E-state index contributed by atoms with van der Waals surface area (Å²) in [6.45, 7) is 1.92. The molecule has 1 fully saturated rings. The summed E-state index contributed by atoms with van der Waals surface area (Å²) in [6.07, 6.45) is 5.10.